The maximum atomic E-state index is 5.99. The average molecular weight is 209 g/mol. The molecule has 0 aliphatic heterocycles. The van der Waals surface area contributed by atoms with Gasteiger partial charge in [0, 0.05) is 25.0 Å². The van der Waals surface area contributed by atoms with Crippen molar-refractivity contribution in [2.24, 2.45) is 24.6 Å². The monoisotopic (exact) mass is 209 g/mol. The fraction of sp³-hybridized carbons (Fsp3) is 0.750. The average Bonchev–Trinajstić information content (AvgIpc) is 2.51. The molecule has 0 fully saturated rings. The van der Waals surface area contributed by atoms with Gasteiger partial charge in [-0.1, -0.05) is 13.8 Å². The number of nitrogens with two attached hydrogens (primary N) is 1. The molecule has 1 rings (SSSR count). The molecule has 0 aromatic carbocycles. The Hall–Kier alpha value is -0.830. The molecule has 1 aromatic heterocycles. The fourth-order valence-corrected chi connectivity index (χ4v) is 2.16. The van der Waals surface area contributed by atoms with Crippen molar-refractivity contribution in [3.63, 3.8) is 0 Å². The normalized spacial score (nSPS) is 15.6. The van der Waals surface area contributed by atoms with Gasteiger partial charge in [0.05, 0.1) is 0 Å². The van der Waals surface area contributed by atoms with Crippen molar-refractivity contribution in [3.8, 4) is 0 Å². The summed E-state index contributed by atoms with van der Waals surface area (Å²) in [6.45, 7) is 6.60. The summed E-state index contributed by atoms with van der Waals surface area (Å²) in [6.07, 6.45) is 4.07. The molecule has 0 bridgehead atoms. The number of hydrogen-bond acceptors (Lipinski definition) is 2. The standard InChI is InChI=1S/C12H23N3/c1-9(2)12(10(3)13)6-5-11-7-8-14-15(11)4/h7-10,12H,5-6,13H2,1-4H3. The topological polar surface area (TPSA) is 43.8 Å². The zero-order valence-electron chi connectivity index (χ0n) is 10.3. The molecule has 3 nitrogen and oxygen atoms in total. The van der Waals surface area contributed by atoms with Gasteiger partial charge in [-0.3, -0.25) is 4.68 Å². The van der Waals surface area contributed by atoms with Gasteiger partial charge < -0.3 is 5.73 Å². The highest BCUT2D eigenvalue weighted by atomic mass is 15.2. The van der Waals surface area contributed by atoms with Crippen LogP contribution < -0.4 is 5.73 Å². The number of hydrogen-bond donors (Lipinski definition) is 1. The smallest absolute Gasteiger partial charge is 0.0492 e. The second kappa shape index (κ2) is 5.31. The molecule has 2 N–H and O–H groups in total. The van der Waals surface area contributed by atoms with E-state index < -0.39 is 0 Å². The first-order chi connectivity index (χ1) is 7.02. The first-order valence-corrected chi connectivity index (χ1v) is 5.74. The lowest BCUT2D eigenvalue weighted by atomic mass is 9.85. The van der Waals surface area contributed by atoms with E-state index in [0.717, 1.165) is 12.8 Å². The van der Waals surface area contributed by atoms with Crippen molar-refractivity contribution >= 4 is 0 Å². The summed E-state index contributed by atoms with van der Waals surface area (Å²) < 4.78 is 1.94. The fourth-order valence-electron chi connectivity index (χ4n) is 2.16. The summed E-state index contributed by atoms with van der Waals surface area (Å²) in [5.74, 6) is 1.25. The Kier molecular flexibility index (Phi) is 4.33. The minimum atomic E-state index is 0.276. The van der Waals surface area contributed by atoms with Gasteiger partial charge in [-0.05, 0) is 37.7 Å². The van der Waals surface area contributed by atoms with Crippen molar-refractivity contribution in [1.29, 1.82) is 0 Å². The Balaban J connectivity index is 2.51. The second-order valence-corrected chi connectivity index (χ2v) is 4.75. The van der Waals surface area contributed by atoms with Crippen LogP contribution in [0, 0.1) is 11.8 Å². The Labute approximate surface area is 92.7 Å². The number of nitrogens with zero attached hydrogens (tertiary/aromatic N) is 2. The van der Waals surface area contributed by atoms with Gasteiger partial charge in [-0.15, -0.1) is 0 Å². The summed E-state index contributed by atoms with van der Waals surface area (Å²) in [4.78, 5) is 0. The SMILES string of the molecule is CC(C)C(CCc1ccnn1C)C(C)N. The van der Waals surface area contributed by atoms with Crippen molar-refractivity contribution in [1.82, 2.24) is 9.78 Å². The van der Waals surface area contributed by atoms with E-state index >= 15 is 0 Å². The van der Waals surface area contributed by atoms with Gasteiger partial charge in [-0.2, -0.15) is 5.10 Å². The molecular weight excluding hydrogens is 186 g/mol. The zero-order valence-corrected chi connectivity index (χ0v) is 10.3. The summed E-state index contributed by atoms with van der Waals surface area (Å²) >= 11 is 0. The van der Waals surface area contributed by atoms with E-state index in [-0.39, 0.29) is 6.04 Å². The molecule has 0 spiro atoms. The molecule has 0 radical (unpaired) electrons. The van der Waals surface area contributed by atoms with E-state index in [9.17, 15) is 0 Å². The van der Waals surface area contributed by atoms with Crippen LogP contribution in [0.25, 0.3) is 0 Å². The lowest BCUT2D eigenvalue weighted by Crippen LogP contribution is -2.31. The van der Waals surface area contributed by atoms with Gasteiger partial charge >= 0.3 is 0 Å². The molecule has 0 aliphatic carbocycles. The van der Waals surface area contributed by atoms with Crippen LogP contribution in [0.3, 0.4) is 0 Å². The van der Waals surface area contributed by atoms with Crippen molar-refractivity contribution in [3.05, 3.63) is 18.0 Å². The third kappa shape index (κ3) is 3.34. The van der Waals surface area contributed by atoms with Crippen LogP contribution in [0.5, 0.6) is 0 Å². The van der Waals surface area contributed by atoms with E-state index in [1.165, 1.54) is 5.69 Å². The van der Waals surface area contributed by atoms with Gasteiger partial charge in [-0.25, -0.2) is 0 Å². The maximum Gasteiger partial charge on any atom is 0.0492 e. The van der Waals surface area contributed by atoms with E-state index in [2.05, 4.69) is 31.9 Å². The molecule has 15 heavy (non-hydrogen) atoms. The Morgan fingerprint density at radius 2 is 2.07 bits per heavy atom. The summed E-state index contributed by atoms with van der Waals surface area (Å²) in [7, 11) is 1.99. The molecule has 0 saturated heterocycles. The van der Waals surface area contributed by atoms with E-state index in [1.807, 2.05) is 17.9 Å². The van der Waals surface area contributed by atoms with E-state index in [1.54, 1.807) is 0 Å². The molecular formula is C12H23N3. The first kappa shape index (κ1) is 12.2. The van der Waals surface area contributed by atoms with Crippen LogP contribution in [-0.2, 0) is 13.5 Å². The summed E-state index contributed by atoms with van der Waals surface area (Å²) in [6, 6.07) is 2.36. The molecule has 2 atom stereocenters. The van der Waals surface area contributed by atoms with Crippen molar-refractivity contribution in [2.75, 3.05) is 0 Å². The van der Waals surface area contributed by atoms with Crippen LogP contribution in [-0.4, -0.2) is 15.8 Å². The number of rotatable bonds is 5. The third-order valence-electron chi connectivity index (χ3n) is 3.19. The van der Waals surface area contributed by atoms with Crippen LogP contribution in [0.1, 0.15) is 32.9 Å². The molecule has 0 saturated carbocycles. The molecule has 0 amide bonds. The molecule has 1 aromatic rings. The highest BCUT2D eigenvalue weighted by Gasteiger charge is 2.17. The lowest BCUT2D eigenvalue weighted by Gasteiger charge is -2.24. The van der Waals surface area contributed by atoms with Gasteiger partial charge in [0.25, 0.3) is 0 Å². The third-order valence-corrected chi connectivity index (χ3v) is 3.19. The Morgan fingerprint density at radius 3 is 2.47 bits per heavy atom. The Bertz CT molecular complexity index is 281. The molecule has 3 heteroatoms. The van der Waals surface area contributed by atoms with E-state index in [0.29, 0.717) is 11.8 Å². The van der Waals surface area contributed by atoms with Crippen molar-refractivity contribution < 1.29 is 0 Å². The quantitative estimate of drug-likeness (QED) is 0.805. The molecule has 86 valence electrons. The lowest BCUT2D eigenvalue weighted by molar-refractivity contribution is 0.309. The van der Waals surface area contributed by atoms with Crippen molar-refractivity contribution in [2.45, 2.75) is 39.7 Å². The molecule has 1 heterocycles. The van der Waals surface area contributed by atoms with Crippen LogP contribution in [0.2, 0.25) is 0 Å². The first-order valence-electron chi connectivity index (χ1n) is 5.74. The highest BCUT2D eigenvalue weighted by Crippen LogP contribution is 2.20. The second-order valence-electron chi connectivity index (χ2n) is 4.75. The van der Waals surface area contributed by atoms with Gasteiger partial charge in [0.15, 0.2) is 0 Å². The predicted octanol–water partition coefficient (Wildman–Crippen LogP) is 1.97. The van der Waals surface area contributed by atoms with Crippen LogP contribution in [0.15, 0.2) is 12.3 Å². The predicted molar refractivity (Wildman–Crippen MR) is 63.5 cm³/mol. The van der Waals surface area contributed by atoms with Crippen LogP contribution >= 0.6 is 0 Å². The molecule has 2 unspecified atom stereocenters. The highest BCUT2D eigenvalue weighted by molar-refractivity contribution is 5.00. The zero-order chi connectivity index (χ0) is 11.4. The van der Waals surface area contributed by atoms with Gasteiger partial charge in [0.2, 0.25) is 0 Å². The summed E-state index contributed by atoms with van der Waals surface area (Å²) in [5, 5.41) is 4.17. The van der Waals surface area contributed by atoms with Crippen LogP contribution in [0.4, 0.5) is 0 Å². The van der Waals surface area contributed by atoms with Gasteiger partial charge in [0.1, 0.15) is 0 Å². The summed E-state index contributed by atoms with van der Waals surface area (Å²) in [5.41, 5.74) is 7.29. The Morgan fingerprint density at radius 1 is 1.40 bits per heavy atom. The minimum Gasteiger partial charge on any atom is -0.328 e. The molecule has 0 aliphatic rings. The number of aryl methyl sites for hydroxylation is 2. The number of aromatic nitrogens is 2. The minimum absolute atomic E-state index is 0.276. The maximum absolute atomic E-state index is 5.99. The van der Waals surface area contributed by atoms with E-state index in [4.69, 9.17) is 5.73 Å². The largest absolute Gasteiger partial charge is 0.328 e.